The molecule has 1 unspecified atom stereocenters. The monoisotopic (exact) mass is 235 g/mol. The number of carboxylic acid groups (broad SMARTS) is 1. The Morgan fingerprint density at radius 3 is 2.40 bits per heavy atom. The Kier molecular flexibility index (Phi) is 3.72. The summed E-state index contributed by atoms with van der Waals surface area (Å²) in [4.78, 5) is 10.9. The molecule has 1 atom stereocenters. The van der Waals surface area contributed by atoms with Crippen molar-refractivity contribution in [2.24, 2.45) is 11.8 Å². The van der Waals surface area contributed by atoms with Gasteiger partial charge in [0, 0.05) is 13.1 Å². The smallest absolute Gasteiger partial charge is 0.308 e. The second-order valence-electron chi connectivity index (χ2n) is 4.22. The van der Waals surface area contributed by atoms with Gasteiger partial charge in [-0.2, -0.15) is 0 Å². The lowest BCUT2D eigenvalue weighted by Gasteiger charge is -2.22. The summed E-state index contributed by atoms with van der Waals surface area (Å²) in [5, 5.41) is 8.95. The number of aliphatic carboxylic acids is 1. The first kappa shape index (κ1) is 12.4. The van der Waals surface area contributed by atoms with Crippen molar-refractivity contribution in [2.75, 3.05) is 18.8 Å². The predicted molar refractivity (Wildman–Crippen MR) is 55.9 cm³/mol. The fourth-order valence-corrected chi connectivity index (χ4v) is 3.24. The third kappa shape index (κ3) is 2.92. The highest BCUT2D eigenvalue weighted by molar-refractivity contribution is 7.89. The van der Waals surface area contributed by atoms with E-state index in [0.29, 0.717) is 13.0 Å². The topological polar surface area (TPSA) is 74.7 Å². The highest BCUT2D eigenvalue weighted by atomic mass is 32.2. The van der Waals surface area contributed by atoms with Crippen LogP contribution in [-0.2, 0) is 14.8 Å². The second kappa shape index (κ2) is 4.49. The minimum absolute atomic E-state index is 0.0571. The van der Waals surface area contributed by atoms with Crippen LogP contribution in [0.1, 0.15) is 20.3 Å². The first-order chi connectivity index (χ1) is 6.84. The van der Waals surface area contributed by atoms with Crippen molar-refractivity contribution in [3.8, 4) is 0 Å². The zero-order valence-corrected chi connectivity index (χ0v) is 9.83. The van der Waals surface area contributed by atoms with Crippen molar-refractivity contribution in [2.45, 2.75) is 20.3 Å². The van der Waals surface area contributed by atoms with Crippen LogP contribution < -0.4 is 0 Å². The molecule has 1 aliphatic heterocycles. The van der Waals surface area contributed by atoms with Crippen LogP contribution in [0, 0.1) is 11.8 Å². The van der Waals surface area contributed by atoms with Gasteiger partial charge in [-0.05, 0) is 12.3 Å². The zero-order chi connectivity index (χ0) is 11.6. The molecule has 6 heteroatoms. The fourth-order valence-electron chi connectivity index (χ4n) is 1.69. The molecule has 15 heavy (non-hydrogen) atoms. The molecule has 1 N–H and O–H groups in total. The number of hydrogen-bond donors (Lipinski definition) is 1. The van der Waals surface area contributed by atoms with Gasteiger partial charge in [0.25, 0.3) is 0 Å². The summed E-state index contributed by atoms with van der Waals surface area (Å²) < 4.78 is 24.2. The van der Waals surface area contributed by atoms with Crippen LogP contribution >= 0.6 is 0 Å². The van der Waals surface area contributed by atoms with Crippen LogP contribution in [0.15, 0.2) is 0 Å². The maximum absolute atomic E-state index is 11.5. The summed E-state index contributed by atoms with van der Waals surface area (Å²) in [6.45, 7) is 4.15. The number of rotatable bonds is 4. The molecule has 0 amide bonds. The number of carboxylic acids is 1. The molecule has 0 aromatic heterocycles. The van der Waals surface area contributed by atoms with Crippen molar-refractivity contribution < 1.29 is 18.3 Å². The number of nitrogens with zero attached hydrogens (tertiary/aromatic N) is 1. The maximum atomic E-state index is 11.5. The van der Waals surface area contributed by atoms with E-state index in [1.165, 1.54) is 4.31 Å². The van der Waals surface area contributed by atoms with Crippen LogP contribution in [0.5, 0.6) is 0 Å². The lowest BCUT2D eigenvalue weighted by atomic mass is 9.96. The van der Waals surface area contributed by atoms with E-state index in [-0.39, 0.29) is 18.2 Å². The van der Waals surface area contributed by atoms with E-state index in [4.69, 9.17) is 5.11 Å². The molecule has 88 valence electrons. The van der Waals surface area contributed by atoms with Crippen LogP contribution in [0.25, 0.3) is 0 Å². The van der Waals surface area contributed by atoms with E-state index < -0.39 is 21.9 Å². The third-order valence-corrected chi connectivity index (χ3v) is 4.65. The average molecular weight is 235 g/mol. The Morgan fingerprint density at radius 1 is 1.47 bits per heavy atom. The van der Waals surface area contributed by atoms with Gasteiger partial charge >= 0.3 is 5.97 Å². The quantitative estimate of drug-likeness (QED) is 0.764. The van der Waals surface area contributed by atoms with E-state index in [1.807, 2.05) is 0 Å². The summed E-state index contributed by atoms with van der Waals surface area (Å²) in [5.74, 6) is -1.44. The second-order valence-corrected chi connectivity index (χ2v) is 6.30. The molecule has 1 rings (SSSR count). The lowest BCUT2D eigenvalue weighted by Crippen LogP contribution is -2.36. The molecule has 1 heterocycles. The molecule has 0 bridgehead atoms. The summed E-state index contributed by atoms with van der Waals surface area (Å²) in [7, 11) is -3.18. The van der Waals surface area contributed by atoms with Crippen molar-refractivity contribution in [3.63, 3.8) is 0 Å². The summed E-state index contributed by atoms with van der Waals surface area (Å²) in [5.41, 5.74) is 0. The molecule has 0 aromatic carbocycles. The summed E-state index contributed by atoms with van der Waals surface area (Å²) >= 11 is 0. The highest BCUT2D eigenvalue weighted by Gasteiger charge is 2.33. The van der Waals surface area contributed by atoms with E-state index in [1.54, 1.807) is 13.8 Å². The Bertz CT molecular complexity index is 336. The van der Waals surface area contributed by atoms with E-state index >= 15 is 0 Å². The first-order valence-corrected chi connectivity index (χ1v) is 6.66. The van der Waals surface area contributed by atoms with Crippen molar-refractivity contribution in [1.82, 2.24) is 4.31 Å². The van der Waals surface area contributed by atoms with Gasteiger partial charge in [-0.1, -0.05) is 13.8 Å². The van der Waals surface area contributed by atoms with Crippen molar-refractivity contribution >= 4 is 16.0 Å². The number of sulfonamides is 1. The molecule has 0 saturated carbocycles. The minimum Gasteiger partial charge on any atom is -0.481 e. The number of hydrogen-bond acceptors (Lipinski definition) is 3. The first-order valence-electron chi connectivity index (χ1n) is 5.05. The van der Waals surface area contributed by atoms with Gasteiger partial charge < -0.3 is 5.11 Å². The Labute approximate surface area is 90.1 Å². The Balaban J connectivity index is 2.71. The lowest BCUT2D eigenvalue weighted by molar-refractivity contribution is -0.143. The third-order valence-electron chi connectivity index (χ3n) is 2.73. The average Bonchev–Trinajstić information content (AvgIpc) is 2.39. The van der Waals surface area contributed by atoms with Crippen LogP contribution in [0.3, 0.4) is 0 Å². The van der Waals surface area contributed by atoms with E-state index in [9.17, 15) is 13.2 Å². The van der Waals surface area contributed by atoms with Crippen LogP contribution in [-0.4, -0.2) is 42.6 Å². The molecule has 0 aromatic rings. The van der Waals surface area contributed by atoms with Gasteiger partial charge in [-0.3, -0.25) is 4.79 Å². The molecule has 1 saturated heterocycles. The SMILES string of the molecule is CC(C)C(CN1CCCS1(=O)=O)C(=O)O. The Morgan fingerprint density at radius 2 is 2.07 bits per heavy atom. The van der Waals surface area contributed by atoms with Crippen LogP contribution in [0.4, 0.5) is 0 Å². The molecule has 0 radical (unpaired) electrons. The van der Waals surface area contributed by atoms with Gasteiger partial charge in [0.05, 0.1) is 11.7 Å². The molecular weight excluding hydrogens is 218 g/mol. The van der Waals surface area contributed by atoms with E-state index in [0.717, 1.165) is 0 Å². The molecular formula is C9H17NO4S. The predicted octanol–water partition coefficient (Wildman–Crippen LogP) is 0.379. The van der Waals surface area contributed by atoms with Crippen molar-refractivity contribution in [3.05, 3.63) is 0 Å². The van der Waals surface area contributed by atoms with E-state index in [2.05, 4.69) is 0 Å². The molecule has 5 nitrogen and oxygen atoms in total. The zero-order valence-electron chi connectivity index (χ0n) is 9.01. The molecule has 1 fully saturated rings. The molecule has 0 spiro atoms. The molecule has 1 aliphatic rings. The standard InChI is InChI=1S/C9H17NO4S/c1-7(2)8(9(11)12)6-10-4-3-5-15(10,13)14/h7-8H,3-6H2,1-2H3,(H,11,12). The van der Waals surface area contributed by atoms with Crippen LogP contribution in [0.2, 0.25) is 0 Å². The number of carbonyl (C=O) groups is 1. The minimum atomic E-state index is -3.18. The van der Waals surface area contributed by atoms with Crippen molar-refractivity contribution in [1.29, 1.82) is 0 Å². The van der Waals surface area contributed by atoms with Gasteiger partial charge in [0.15, 0.2) is 0 Å². The largest absolute Gasteiger partial charge is 0.481 e. The maximum Gasteiger partial charge on any atom is 0.308 e. The normalized spacial score (nSPS) is 23.1. The molecule has 0 aliphatic carbocycles. The van der Waals surface area contributed by atoms with Gasteiger partial charge in [0.2, 0.25) is 10.0 Å². The van der Waals surface area contributed by atoms with Gasteiger partial charge in [-0.25, -0.2) is 12.7 Å². The fraction of sp³-hybridized carbons (Fsp3) is 0.889. The van der Waals surface area contributed by atoms with Gasteiger partial charge in [-0.15, -0.1) is 0 Å². The Hall–Kier alpha value is -0.620. The summed E-state index contributed by atoms with van der Waals surface area (Å²) in [6.07, 6.45) is 0.604. The van der Waals surface area contributed by atoms with Gasteiger partial charge in [0.1, 0.15) is 0 Å². The highest BCUT2D eigenvalue weighted by Crippen LogP contribution is 2.19. The summed E-state index contributed by atoms with van der Waals surface area (Å²) in [6, 6.07) is 0.